The van der Waals surface area contributed by atoms with Crippen molar-refractivity contribution in [3.05, 3.63) is 92.2 Å². The fourth-order valence-corrected chi connectivity index (χ4v) is 3.34. The third-order valence-electron chi connectivity index (χ3n) is 4.34. The van der Waals surface area contributed by atoms with E-state index in [2.05, 4.69) is 0 Å². The molecule has 0 fully saturated rings. The number of benzene rings is 2. The number of carbonyl (C=O) groups excluding carboxylic acids is 2. The number of nitrogens with zero attached hydrogens (tertiary/aromatic N) is 2. The SMILES string of the molecule is Cc1ccc(C)n1N(CC(=O)c1ccc(Cl)cc1)C(=O)c1ccc(Cl)c(Cl)c1. The minimum Gasteiger partial charge on any atom is -0.292 e. The Hall–Kier alpha value is -2.27. The van der Waals surface area contributed by atoms with Crippen molar-refractivity contribution >= 4 is 46.5 Å². The van der Waals surface area contributed by atoms with Gasteiger partial charge in [0.1, 0.15) is 6.54 Å². The molecule has 3 rings (SSSR count). The lowest BCUT2D eigenvalue weighted by Gasteiger charge is -2.26. The van der Waals surface area contributed by atoms with Crippen LogP contribution < -0.4 is 5.01 Å². The van der Waals surface area contributed by atoms with E-state index in [-0.39, 0.29) is 23.3 Å². The molecule has 1 heterocycles. The maximum atomic E-state index is 13.3. The molecule has 7 heteroatoms. The first-order valence-electron chi connectivity index (χ1n) is 8.49. The summed E-state index contributed by atoms with van der Waals surface area (Å²) < 4.78 is 1.72. The van der Waals surface area contributed by atoms with Gasteiger partial charge in [-0.2, -0.15) is 0 Å². The van der Waals surface area contributed by atoms with Gasteiger partial charge in [0.2, 0.25) is 0 Å². The lowest BCUT2D eigenvalue weighted by molar-refractivity contribution is 0.0908. The van der Waals surface area contributed by atoms with Gasteiger partial charge in [-0.1, -0.05) is 34.8 Å². The highest BCUT2D eigenvalue weighted by Gasteiger charge is 2.24. The lowest BCUT2D eigenvalue weighted by Crippen LogP contribution is -2.45. The van der Waals surface area contributed by atoms with Crippen LogP contribution in [0.2, 0.25) is 15.1 Å². The number of hydrogen-bond donors (Lipinski definition) is 0. The van der Waals surface area contributed by atoms with Crippen LogP contribution in [-0.4, -0.2) is 22.9 Å². The molecule has 2 aromatic carbocycles. The van der Waals surface area contributed by atoms with Gasteiger partial charge >= 0.3 is 0 Å². The molecule has 144 valence electrons. The van der Waals surface area contributed by atoms with Crippen molar-refractivity contribution in [2.75, 3.05) is 11.6 Å². The van der Waals surface area contributed by atoms with Gasteiger partial charge in [0.15, 0.2) is 5.78 Å². The summed E-state index contributed by atoms with van der Waals surface area (Å²) in [5.41, 5.74) is 2.47. The number of aromatic nitrogens is 1. The number of hydrogen-bond acceptors (Lipinski definition) is 2. The maximum Gasteiger partial charge on any atom is 0.273 e. The van der Waals surface area contributed by atoms with Crippen LogP contribution in [0.1, 0.15) is 32.1 Å². The van der Waals surface area contributed by atoms with E-state index in [1.165, 1.54) is 11.1 Å². The minimum atomic E-state index is -0.358. The maximum absolute atomic E-state index is 13.3. The normalized spacial score (nSPS) is 10.8. The Labute approximate surface area is 178 Å². The average Bonchev–Trinajstić information content (AvgIpc) is 3.00. The highest BCUT2D eigenvalue weighted by atomic mass is 35.5. The Kier molecular flexibility index (Phi) is 6.14. The standard InChI is InChI=1S/C21H17Cl3N2O2/c1-13-3-4-14(2)26(13)25(12-20(27)15-5-8-17(22)9-6-15)21(28)16-7-10-18(23)19(24)11-16/h3-11H,12H2,1-2H3. The molecule has 0 radical (unpaired) electrons. The molecule has 0 saturated carbocycles. The third-order valence-corrected chi connectivity index (χ3v) is 5.33. The second-order valence-electron chi connectivity index (χ2n) is 6.35. The second-order valence-corrected chi connectivity index (χ2v) is 7.60. The Balaban J connectivity index is 2.00. The number of rotatable bonds is 5. The van der Waals surface area contributed by atoms with Crippen molar-refractivity contribution in [3.63, 3.8) is 0 Å². The molecule has 0 atom stereocenters. The van der Waals surface area contributed by atoms with Crippen molar-refractivity contribution in [3.8, 4) is 0 Å². The van der Waals surface area contributed by atoms with Crippen LogP contribution in [0.25, 0.3) is 0 Å². The summed E-state index contributed by atoms with van der Waals surface area (Å²) in [5.74, 6) is -0.569. The van der Waals surface area contributed by atoms with Crippen molar-refractivity contribution in [2.45, 2.75) is 13.8 Å². The largest absolute Gasteiger partial charge is 0.292 e. The predicted octanol–water partition coefficient (Wildman–Crippen LogP) is 5.73. The molecular weight excluding hydrogens is 419 g/mol. The molecule has 4 nitrogen and oxygen atoms in total. The molecule has 1 aromatic heterocycles. The van der Waals surface area contributed by atoms with Gasteiger partial charge in [0, 0.05) is 27.5 Å². The Morgan fingerprint density at radius 2 is 1.39 bits per heavy atom. The van der Waals surface area contributed by atoms with Crippen LogP contribution in [0.5, 0.6) is 0 Å². The first-order valence-corrected chi connectivity index (χ1v) is 9.62. The zero-order valence-corrected chi connectivity index (χ0v) is 17.5. The van der Waals surface area contributed by atoms with Crippen LogP contribution in [0.3, 0.4) is 0 Å². The van der Waals surface area contributed by atoms with E-state index < -0.39 is 0 Å². The molecule has 0 N–H and O–H groups in total. The second kappa shape index (κ2) is 8.39. The molecule has 0 aliphatic heterocycles. The fourth-order valence-electron chi connectivity index (χ4n) is 2.92. The van der Waals surface area contributed by atoms with Crippen molar-refractivity contribution in [1.29, 1.82) is 0 Å². The van der Waals surface area contributed by atoms with E-state index in [0.29, 0.717) is 21.2 Å². The van der Waals surface area contributed by atoms with Gasteiger partial charge in [-0.15, -0.1) is 0 Å². The van der Waals surface area contributed by atoms with Crippen LogP contribution in [0, 0.1) is 13.8 Å². The van der Waals surface area contributed by atoms with Crippen LogP contribution >= 0.6 is 34.8 Å². The van der Waals surface area contributed by atoms with Gasteiger partial charge in [-0.25, -0.2) is 5.01 Å². The van der Waals surface area contributed by atoms with Gasteiger partial charge in [0.05, 0.1) is 10.0 Å². The molecule has 0 aliphatic rings. The Morgan fingerprint density at radius 3 is 1.96 bits per heavy atom. The first-order chi connectivity index (χ1) is 13.3. The molecule has 0 aliphatic carbocycles. The summed E-state index contributed by atoms with van der Waals surface area (Å²) in [6, 6.07) is 15.0. The van der Waals surface area contributed by atoms with E-state index in [1.807, 2.05) is 26.0 Å². The summed E-state index contributed by atoms with van der Waals surface area (Å²) in [7, 11) is 0. The summed E-state index contributed by atoms with van der Waals surface area (Å²) in [6.45, 7) is 3.60. The zero-order chi connectivity index (χ0) is 20.4. The molecule has 1 amide bonds. The van der Waals surface area contributed by atoms with E-state index >= 15 is 0 Å². The summed E-state index contributed by atoms with van der Waals surface area (Å²) in [4.78, 5) is 26.1. The smallest absolute Gasteiger partial charge is 0.273 e. The molecule has 0 bridgehead atoms. The fraction of sp³-hybridized carbons (Fsp3) is 0.143. The van der Waals surface area contributed by atoms with Crippen LogP contribution in [-0.2, 0) is 0 Å². The number of Topliss-reactive ketones (excluding diaryl/α,β-unsaturated/α-hetero) is 1. The summed E-state index contributed by atoms with van der Waals surface area (Å²) in [6.07, 6.45) is 0. The molecule has 3 aromatic rings. The Morgan fingerprint density at radius 1 is 0.821 bits per heavy atom. The highest BCUT2D eigenvalue weighted by molar-refractivity contribution is 6.42. The van der Waals surface area contributed by atoms with Gasteiger partial charge < -0.3 is 0 Å². The van der Waals surface area contributed by atoms with Gasteiger partial charge in [-0.05, 0) is 68.4 Å². The summed E-state index contributed by atoms with van der Waals surface area (Å²) in [5, 5.41) is 2.58. The quantitative estimate of drug-likeness (QED) is 0.481. The Bertz CT molecular complexity index is 1020. The van der Waals surface area contributed by atoms with E-state index in [9.17, 15) is 9.59 Å². The number of ketones is 1. The average molecular weight is 436 g/mol. The number of halogens is 3. The topological polar surface area (TPSA) is 42.3 Å². The highest BCUT2D eigenvalue weighted by Crippen LogP contribution is 2.24. The van der Waals surface area contributed by atoms with Gasteiger partial charge in [-0.3, -0.25) is 14.3 Å². The van der Waals surface area contributed by atoms with Crippen LogP contribution in [0.15, 0.2) is 54.6 Å². The lowest BCUT2D eigenvalue weighted by atomic mass is 10.1. The minimum absolute atomic E-state index is 0.142. The molecule has 0 saturated heterocycles. The molecule has 28 heavy (non-hydrogen) atoms. The number of carbonyl (C=O) groups is 2. The molecule has 0 spiro atoms. The van der Waals surface area contributed by atoms with E-state index in [4.69, 9.17) is 34.8 Å². The molecular formula is C21H17Cl3N2O2. The number of aryl methyl sites for hydroxylation is 2. The van der Waals surface area contributed by atoms with Gasteiger partial charge in [0.25, 0.3) is 5.91 Å². The van der Waals surface area contributed by atoms with Crippen molar-refractivity contribution in [2.24, 2.45) is 0 Å². The molecule has 0 unspecified atom stereocenters. The number of amides is 1. The first kappa shape index (κ1) is 20.5. The predicted molar refractivity (Wildman–Crippen MR) is 114 cm³/mol. The third kappa shape index (κ3) is 4.25. The zero-order valence-electron chi connectivity index (χ0n) is 15.2. The summed E-state index contributed by atoms with van der Waals surface area (Å²) >= 11 is 17.9. The van der Waals surface area contributed by atoms with Crippen molar-refractivity contribution < 1.29 is 9.59 Å². The monoisotopic (exact) mass is 434 g/mol. The van der Waals surface area contributed by atoms with E-state index in [0.717, 1.165) is 11.4 Å². The van der Waals surface area contributed by atoms with E-state index in [1.54, 1.807) is 41.1 Å². The van der Waals surface area contributed by atoms with Crippen LogP contribution in [0.4, 0.5) is 0 Å². The van der Waals surface area contributed by atoms with Crippen molar-refractivity contribution in [1.82, 2.24) is 4.68 Å².